The maximum Gasteiger partial charge on any atom is 0.362 e. The fourth-order valence-corrected chi connectivity index (χ4v) is 6.49. The molecule has 1 N–H and O–H groups in total. The molecule has 0 rings (SSSR count). The van der Waals surface area contributed by atoms with E-state index in [9.17, 15) is 19.5 Å². The summed E-state index contributed by atoms with van der Waals surface area (Å²) in [5.41, 5.74) is 0. The number of likely N-dealkylation sites (N-methyl/N-ethyl adjacent to an activating group) is 1. The molecule has 0 aromatic carbocycles. The zero-order valence-corrected chi connectivity index (χ0v) is 36.4. The Kier molecular flexibility index (Phi) is 36.7. The van der Waals surface area contributed by atoms with E-state index >= 15 is 0 Å². The average molecular weight is 777 g/mol. The first-order valence-electron chi connectivity index (χ1n) is 22.5. The molecule has 0 aliphatic rings. The Labute approximate surface area is 338 Å². The molecule has 0 saturated heterocycles. The van der Waals surface area contributed by atoms with Crippen LogP contribution >= 0.6 is 0 Å². The van der Waals surface area contributed by atoms with Crippen LogP contribution in [0.5, 0.6) is 0 Å². The monoisotopic (exact) mass is 777 g/mol. The predicted octanol–water partition coefficient (Wildman–Crippen LogP) is 12.2. The first-order valence-corrected chi connectivity index (χ1v) is 22.5. The third-order valence-corrected chi connectivity index (χ3v) is 10.0. The van der Waals surface area contributed by atoms with Crippen molar-refractivity contribution in [3.8, 4) is 0 Å². The van der Waals surface area contributed by atoms with Gasteiger partial charge in [0.1, 0.15) is 6.61 Å². The lowest BCUT2D eigenvalue weighted by molar-refractivity contribution is -0.887. The second kappa shape index (κ2) is 38.4. The minimum absolute atomic E-state index is 0.0547. The van der Waals surface area contributed by atoms with E-state index in [1.54, 1.807) is 0 Å². The molecule has 0 aliphatic heterocycles. The number of carboxylic acid groups (broad SMARTS) is 1. The summed E-state index contributed by atoms with van der Waals surface area (Å²) in [6.07, 6.45) is 43.2. The zero-order chi connectivity index (χ0) is 40.7. The lowest BCUT2D eigenvalue weighted by atomic mass is 10.1. The van der Waals surface area contributed by atoms with E-state index in [4.69, 9.17) is 14.2 Å². The number of allylic oxidation sites excluding steroid dienone is 6. The van der Waals surface area contributed by atoms with Gasteiger partial charge < -0.3 is 23.8 Å². The van der Waals surface area contributed by atoms with Crippen molar-refractivity contribution >= 4 is 17.9 Å². The van der Waals surface area contributed by atoms with Gasteiger partial charge in [0, 0.05) is 19.3 Å². The number of rotatable bonds is 40. The van der Waals surface area contributed by atoms with Crippen LogP contribution in [-0.4, -0.2) is 80.6 Å². The minimum Gasteiger partial charge on any atom is -0.477 e. The van der Waals surface area contributed by atoms with Gasteiger partial charge in [0.25, 0.3) is 0 Å². The Morgan fingerprint density at radius 2 is 0.964 bits per heavy atom. The van der Waals surface area contributed by atoms with Crippen LogP contribution in [0.1, 0.15) is 194 Å². The number of hydrogen-bond donors (Lipinski definition) is 1. The van der Waals surface area contributed by atoms with Crippen LogP contribution in [0.2, 0.25) is 0 Å². The lowest BCUT2D eigenvalue weighted by Gasteiger charge is -2.31. The molecular weight excluding hydrogens is 691 g/mol. The molecule has 0 aromatic rings. The number of carboxylic acids is 1. The van der Waals surface area contributed by atoms with E-state index in [0.29, 0.717) is 19.3 Å². The Morgan fingerprint density at radius 1 is 0.545 bits per heavy atom. The summed E-state index contributed by atoms with van der Waals surface area (Å²) in [6.45, 7) is 4.69. The van der Waals surface area contributed by atoms with Gasteiger partial charge in [-0.25, -0.2) is 4.79 Å². The summed E-state index contributed by atoms with van der Waals surface area (Å²) in [6, 6.07) is -0.617. The average Bonchev–Trinajstić information content (AvgIpc) is 3.14. The molecule has 0 heterocycles. The SMILES string of the molecule is CCCCC/C=C/C=C/CCCCCCCCC(=O)OC(COCCC(C(=O)O)[N+](C)(C)C)COC(=O)CCCCCCC/C=C/CCCCCCCCC. The molecule has 0 saturated carbocycles. The Morgan fingerprint density at radius 3 is 1.45 bits per heavy atom. The van der Waals surface area contributed by atoms with Crippen LogP contribution in [0, 0.1) is 0 Å². The van der Waals surface area contributed by atoms with E-state index in [2.05, 4.69) is 50.3 Å². The molecule has 2 atom stereocenters. The maximum atomic E-state index is 12.7. The Hall–Kier alpha value is -2.45. The van der Waals surface area contributed by atoms with Crippen LogP contribution in [0.4, 0.5) is 0 Å². The van der Waals surface area contributed by atoms with Gasteiger partial charge in [-0.15, -0.1) is 0 Å². The molecule has 0 aliphatic carbocycles. The van der Waals surface area contributed by atoms with Crippen molar-refractivity contribution in [3.05, 3.63) is 36.5 Å². The molecular formula is C47H86NO7+. The number of quaternary nitrogens is 1. The van der Waals surface area contributed by atoms with Crippen LogP contribution in [0.3, 0.4) is 0 Å². The molecule has 55 heavy (non-hydrogen) atoms. The molecule has 8 nitrogen and oxygen atoms in total. The van der Waals surface area contributed by atoms with Crippen LogP contribution in [0.15, 0.2) is 36.5 Å². The molecule has 0 aromatic heterocycles. The van der Waals surface area contributed by atoms with E-state index < -0.39 is 18.1 Å². The molecule has 8 heteroatoms. The van der Waals surface area contributed by atoms with Gasteiger partial charge in [-0.3, -0.25) is 9.59 Å². The van der Waals surface area contributed by atoms with Crippen LogP contribution in [-0.2, 0) is 28.6 Å². The van der Waals surface area contributed by atoms with Gasteiger partial charge in [-0.2, -0.15) is 0 Å². The number of esters is 2. The molecule has 320 valence electrons. The number of nitrogens with zero attached hydrogens (tertiary/aromatic N) is 1. The van der Waals surface area contributed by atoms with Crippen LogP contribution < -0.4 is 0 Å². The zero-order valence-electron chi connectivity index (χ0n) is 36.4. The van der Waals surface area contributed by atoms with E-state index in [0.717, 1.165) is 70.6 Å². The largest absolute Gasteiger partial charge is 0.477 e. The predicted molar refractivity (Wildman–Crippen MR) is 229 cm³/mol. The minimum atomic E-state index is -0.878. The summed E-state index contributed by atoms with van der Waals surface area (Å²) in [5, 5.41) is 9.62. The molecule has 0 bridgehead atoms. The summed E-state index contributed by atoms with van der Waals surface area (Å²) in [5.74, 6) is -1.49. The number of aliphatic carboxylic acids is 1. The summed E-state index contributed by atoms with van der Waals surface area (Å²) < 4.78 is 17.3. The second-order valence-electron chi connectivity index (χ2n) is 16.3. The fraction of sp³-hybridized carbons (Fsp3) is 0.809. The molecule has 0 radical (unpaired) electrons. The van der Waals surface area contributed by atoms with Crippen LogP contribution in [0.25, 0.3) is 0 Å². The molecule has 0 spiro atoms. The van der Waals surface area contributed by atoms with Crippen molar-refractivity contribution in [2.24, 2.45) is 0 Å². The number of carbonyl (C=O) groups is 3. The van der Waals surface area contributed by atoms with Gasteiger partial charge in [-0.05, 0) is 64.2 Å². The second-order valence-corrected chi connectivity index (χ2v) is 16.3. The number of carbonyl (C=O) groups excluding carboxylic acids is 2. The number of ether oxygens (including phenoxy) is 3. The van der Waals surface area contributed by atoms with E-state index in [1.165, 1.54) is 89.9 Å². The lowest BCUT2D eigenvalue weighted by Crippen LogP contribution is -2.50. The smallest absolute Gasteiger partial charge is 0.362 e. The molecule has 0 amide bonds. The van der Waals surface area contributed by atoms with Crippen molar-refractivity contribution in [1.82, 2.24) is 0 Å². The van der Waals surface area contributed by atoms with Gasteiger partial charge in [0.15, 0.2) is 12.1 Å². The highest BCUT2D eigenvalue weighted by Gasteiger charge is 2.31. The highest BCUT2D eigenvalue weighted by Crippen LogP contribution is 2.14. The first-order chi connectivity index (χ1) is 26.6. The highest BCUT2D eigenvalue weighted by molar-refractivity contribution is 5.72. The van der Waals surface area contributed by atoms with E-state index in [-0.39, 0.29) is 36.2 Å². The first kappa shape index (κ1) is 52.6. The highest BCUT2D eigenvalue weighted by atomic mass is 16.6. The summed E-state index contributed by atoms with van der Waals surface area (Å²) >= 11 is 0. The van der Waals surface area contributed by atoms with Crippen molar-refractivity contribution < 1.29 is 38.2 Å². The quantitative estimate of drug-likeness (QED) is 0.0217. The molecule has 2 unspecified atom stereocenters. The number of hydrogen-bond acceptors (Lipinski definition) is 6. The van der Waals surface area contributed by atoms with Crippen molar-refractivity contribution in [2.75, 3.05) is 41.0 Å². The van der Waals surface area contributed by atoms with Crippen molar-refractivity contribution in [1.29, 1.82) is 0 Å². The number of unbranched alkanes of at least 4 members (excludes halogenated alkanes) is 21. The third kappa shape index (κ3) is 36.9. The topological polar surface area (TPSA) is 99.1 Å². The molecule has 0 fully saturated rings. The fourth-order valence-electron chi connectivity index (χ4n) is 6.49. The van der Waals surface area contributed by atoms with E-state index in [1.807, 2.05) is 21.1 Å². The third-order valence-electron chi connectivity index (χ3n) is 10.0. The summed E-state index contributed by atoms with van der Waals surface area (Å²) in [4.78, 5) is 37.0. The summed E-state index contributed by atoms with van der Waals surface area (Å²) in [7, 11) is 5.52. The van der Waals surface area contributed by atoms with Crippen molar-refractivity contribution in [3.63, 3.8) is 0 Å². The van der Waals surface area contributed by atoms with Gasteiger partial charge >= 0.3 is 17.9 Å². The Balaban J connectivity index is 4.36. The van der Waals surface area contributed by atoms with Gasteiger partial charge in [0.2, 0.25) is 0 Å². The van der Waals surface area contributed by atoms with Gasteiger partial charge in [0.05, 0.1) is 34.4 Å². The van der Waals surface area contributed by atoms with Crippen molar-refractivity contribution in [2.45, 2.75) is 206 Å². The van der Waals surface area contributed by atoms with Gasteiger partial charge in [-0.1, -0.05) is 147 Å². The normalized spacial score (nSPS) is 13.3. The standard InChI is InChI=1S/C47H85NO7/c1-6-8-10-12-14-16-18-20-22-24-25-27-29-31-33-35-37-45(49)54-42-43(41-53-40-39-44(47(51)52)48(3,4)5)55-46(50)38-36-34-32-30-28-26-23-21-19-17-15-13-11-9-7-2/h15,17,19,21-22,24,43-44H,6-14,16,18,20,23,25-42H2,1-5H3/p+1/b17-15+,21-19+,24-22+. The maximum absolute atomic E-state index is 12.7. The Bertz CT molecular complexity index is 1000.